The van der Waals surface area contributed by atoms with E-state index in [-0.39, 0.29) is 18.0 Å². The fraction of sp³-hybridized carbons (Fsp3) is 0.263. The van der Waals surface area contributed by atoms with Crippen molar-refractivity contribution in [2.45, 2.75) is 24.9 Å². The van der Waals surface area contributed by atoms with E-state index in [1.54, 1.807) is 6.92 Å². The summed E-state index contributed by atoms with van der Waals surface area (Å²) in [5.74, 6) is -2.25. The fourth-order valence-corrected chi connectivity index (χ4v) is 4.99. The van der Waals surface area contributed by atoms with Gasteiger partial charge in [-0.3, -0.25) is 9.10 Å². The molecule has 4 N–H and O–H groups in total. The van der Waals surface area contributed by atoms with Gasteiger partial charge in [0.15, 0.2) is 15.9 Å². The molecular weight excluding hydrogens is 438 g/mol. The summed E-state index contributed by atoms with van der Waals surface area (Å²) in [6.45, 7) is 3.00. The van der Waals surface area contributed by atoms with E-state index in [1.807, 2.05) is 0 Å². The maximum absolute atomic E-state index is 13.9. The average Bonchev–Trinajstić information content (AvgIpc) is 2.68. The van der Waals surface area contributed by atoms with Crippen LogP contribution in [0.4, 0.5) is 23.2 Å². The Bertz CT molecular complexity index is 1100. The predicted molar refractivity (Wildman–Crippen MR) is 110 cm³/mol. The number of hydrogen-bond acceptors (Lipinski definition) is 3. The molecule has 0 aliphatic heterocycles. The van der Waals surface area contributed by atoms with Crippen molar-refractivity contribution in [3.63, 3.8) is 0 Å². The van der Waals surface area contributed by atoms with Crippen molar-refractivity contribution in [1.29, 1.82) is 0 Å². The number of benzene rings is 2. The summed E-state index contributed by atoms with van der Waals surface area (Å²) in [5, 5.41) is 0. The topological polar surface area (TPSA) is 114 Å². The van der Waals surface area contributed by atoms with E-state index in [0.717, 1.165) is 28.6 Å². The number of halogens is 4. The van der Waals surface area contributed by atoms with Crippen LogP contribution in [0.1, 0.15) is 29.8 Å². The Hall–Kier alpha value is -3.15. The van der Waals surface area contributed by atoms with E-state index in [0.29, 0.717) is 6.07 Å². The molecule has 0 spiro atoms. The minimum absolute atomic E-state index is 0.0368. The number of anilines is 1. The predicted octanol–water partition coefficient (Wildman–Crippen LogP) is 3.55. The molecule has 0 saturated carbocycles. The largest absolute Gasteiger partial charge is 0.418 e. The molecule has 0 aliphatic carbocycles. The quantitative estimate of drug-likeness (QED) is 0.391. The van der Waals surface area contributed by atoms with Crippen molar-refractivity contribution in [3.05, 3.63) is 59.4 Å². The van der Waals surface area contributed by atoms with Gasteiger partial charge in [-0.25, -0.2) is 13.0 Å². The lowest BCUT2D eigenvalue weighted by Gasteiger charge is -2.29. The molecule has 0 fully saturated rings. The first-order valence-electron chi connectivity index (χ1n) is 9.05. The highest BCUT2D eigenvalue weighted by Gasteiger charge is 2.37. The molecule has 1 unspecified atom stereocenters. The molecule has 1 amide bonds. The number of hydrogen-bond donors (Lipinski definition) is 2. The standard InChI is InChI=1S/C19H21F4N5O2S/c1-3-26-31(30,14-8-6-13(20)7-9-14)28(4-2)16-10-5-12(17(29)27-18(24)25)11-15(16)19(21,22)23/h5-11H,3-4H2,1-2H3,(H4,24,25,27,29). The van der Waals surface area contributed by atoms with Gasteiger partial charge in [-0.15, -0.1) is 0 Å². The SMILES string of the molecule is CCN=S(=O)(c1ccc(F)cc1)N(CC)c1ccc(C(=O)N=C(N)N)cc1C(F)(F)F. The lowest BCUT2D eigenvalue weighted by Crippen LogP contribution is -2.33. The molecular formula is C19H21F4N5O2S. The molecule has 0 aromatic heterocycles. The number of carbonyl (C=O) groups is 1. The number of rotatable bonds is 6. The zero-order chi connectivity index (χ0) is 23.4. The summed E-state index contributed by atoms with van der Waals surface area (Å²) in [4.78, 5) is 15.3. The van der Waals surface area contributed by atoms with Gasteiger partial charge in [0.2, 0.25) is 0 Å². The molecule has 0 radical (unpaired) electrons. The van der Waals surface area contributed by atoms with Gasteiger partial charge in [0.25, 0.3) is 5.91 Å². The highest BCUT2D eigenvalue weighted by atomic mass is 32.2. The number of nitrogens with two attached hydrogens (primary N) is 2. The van der Waals surface area contributed by atoms with Crippen LogP contribution in [0.2, 0.25) is 0 Å². The molecule has 0 aliphatic rings. The molecule has 7 nitrogen and oxygen atoms in total. The van der Waals surface area contributed by atoms with Gasteiger partial charge in [-0.1, -0.05) is 0 Å². The van der Waals surface area contributed by atoms with Gasteiger partial charge >= 0.3 is 6.18 Å². The summed E-state index contributed by atoms with van der Waals surface area (Å²) < 4.78 is 73.9. The summed E-state index contributed by atoms with van der Waals surface area (Å²) in [6, 6.07) is 7.22. The zero-order valence-electron chi connectivity index (χ0n) is 16.7. The van der Waals surface area contributed by atoms with Crippen molar-refractivity contribution in [1.82, 2.24) is 0 Å². The summed E-state index contributed by atoms with van der Waals surface area (Å²) >= 11 is 0. The molecule has 0 bridgehead atoms. The Morgan fingerprint density at radius 1 is 1.10 bits per heavy atom. The normalized spacial score (nSPS) is 13.2. The van der Waals surface area contributed by atoms with Crippen LogP contribution in [0.15, 0.2) is 56.7 Å². The van der Waals surface area contributed by atoms with Gasteiger partial charge in [0, 0.05) is 18.7 Å². The van der Waals surface area contributed by atoms with E-state index < -0.39 is 50.6 Å². The number of carbonyl (C=O) groups excluding carboxylic acids is 1. The van der Waals surface area contributed by atoms with Crippen molar-refractivity contribution in [3.8, 4) is 0 Å². The van der Waals surface area contributed by atoms with E-state index in [9.17, 15) is 26.6 Å². The van der Waals surface area contributed by atoms with Crippen molar-refractivity contribution < 1.29 is 26.6 Å². The van der Waals surface area contributed by atoms with E-state index in [2.05, 4.69) is 9.36 Å². The van der Waals surface area contributed by atoms with Crippen LogP contribution in [-0.4, -0.2) is 29.2 Å². The first-order chi connectivity index (χ1) is 14.4. The first kappa shape index (κ1) is 24.1. The third-order valence-corrected chi connectivity index (χ3v) is 6.61. The second-order valence-corrected chi connectivity index (χ2v) is 8.33. The monoisotopic (exact) mass is 459 g/mol. The number of amides is 1. The molecule has 2 aromatic carbocycles. The molecule has 1 atom stereocenters. The van der Waals surface area contributed by atoms with Crippen LogP contribution < -0.4 is 15.8 Å². The number of aliphatic imine (C=N–C) groups is 1. The highest BCUT2D eigenvalue weighted by Crippen LogP contribution is 2.39. The van der Waals surface area contributed by atoms with Crippen LogP contribution >= 0.6 is 0 Å². The molecule has 168 valence electrons. The molecule has 31 heavy (non-hydrogen) atoms. The average molecular weight is 459 g/mol. The van der Waals surface area contributed by atoms with Gasteiger partial charge in [-0.05, 0) is 56.3 Å². The Kier molecular flexibility index (Phi) is 7.26. The van der Waals surface area contributed by atoms with Crippen LogP contribution in [-0.2, 0) is 16.1 Å². The van der Waals surface area contributed by atoms with E-state index in [4.69, 9.17) is 11.5 Å². The second-order valence-electron chi connectivity index (χ2n) is 6.16. The van der Waals surface area contributed by atoms with Crippen molar-refractivity contribution in [2.75, 3.05) is 17.4 Å². The Morgan fingerprint density at radius 3 is 2.19 bits per heavy atom. The maximum atomic E-state index is 13.9. The minimum atomic E-state index is -4.90. The number of guanidine groups is 1. The highest BCUT2D eigenvalue weighted by molar-refractivity contribution is 7.95. The van der Waals surface area contributed by atoms with Gasteiger partial charge in [0.05, 0.1) is 16.1 Å². The minimum Gasteiger partial charge on any atom is -0.370 e. The molecule has 2 aromatic rings. The van der Waals surface area contributed by atoms with Crippen LogP contribution in [0, 0.1) is 5.82 Å². The van der Waals surface area contributed by atoms with Gasteiger partial charge in [-0.2, -0.15) is 18.2 Å². The number of nitrogens with zero attached hydrogens (tertiary/aromatic N) is 3. The van der Waals surface area contributed by atoms with Crippen LogP contribution in [0.25, 0.3) is 0 Å². The Labute approximate surface area is 177 Å². The molecule has 2 rings (SSSR count). The number of alkyl halides is 3. The Morgan fingerprint density at radius 2 is 1.71 bits per heavy atom. The summed E-state index contributed by atoms with van der Waals surface area (Å²) in [7, 11) is -3.57. The first-order valence-corrected chi connectivity index (χ1v) is 10.5. The molecule has 0 heterocycles. The second kappa shape index (κ2) is 9.33. The summed E-state index contributed by atoms with van der Waals surface area (Å²) in [6.07, 6.45) is -4.90. The van der Waals surface area contributed by atoms with Crippen LogP contribution in [0.5, 0.6) is 0 Å². The third kappa shape index (κ3) is 5.32. The van der Waals surface area contributed by atoms with E-state index >= 15 is 0 Å². The van der Waals surface area contributed by atoms with Gasteiger partial charge < -0.3 is 11.5 Å². The smallest absolute Gasteiger partial charge is 0.370 e. The van der Waals surface area contributed by atoms with Crippen molar-refractivity contribution >= 4 is 27.5 Å². The Balaban J connectivity index is 2.76. The van der Waals surface area contributed by atoms with Gasteiger partial charge in [0.1, 0.15) is 5.82 Å². The summed E-state index contributed by atoms with van der Waals surface area (Å²) in [5.41, 5.74) is 8.17. The lowest BCUT2D eigenvalue weighted by molar-refractivity contribution is -0.137. The maximum Gasteiger partial charge on any atom is 0.418 e. The fourth-order valence-electron chi connectivity index (χ4n) is 2.83. The van der Waals surface area contributed by atoms with E-state index in [1.165, 1.54) is 19.1 Å². The molecule has 0 saturated heterocycles. The van der Waals surface area contributed by atoms with Crippen LogP contribution in [0.3, 0.4) is 0 Å². The lowest BCUT2D eigenvalue weighted by atomic mass is 10.1. The molecule has 12 heteroatoms. The third-order valence-electron chi connectivity index (χ3n) is 4.06. The zero-order valence-corrected chi connectivity index (χ0v) is 17.5. The van der Waals surface area contributed by atoms with Crippen molar-refractivity contribution in [2.24, 2.45) is 20.8 Å².